The number of aliphatic hydroxyl groups excluding tert-OH is 1. The van der Waals surface area contributed by atoms with E-state index in [1.165, 1.54) is 0 Å². The molecular weight excluding hydrogens is 204 g/mol. The van der Waals surface area contributed by atoms with Crippen molar-refractivity contribution in [2.75, 3.05) is 33.3 Å². The quantitative estimate of drug-likeness (QED) is 0.691. The molecule has 0 radical (unpaired) electrons. The predicted octanol–water partition coefficient (Wildman–Crippen LogP) is 0.504. The van der Waals surface area contributed by atoms with Crippen LogP contribution in [0.3, 0.4) is 0 Å². The average Bonchev–Trinajstić information content (AvgIpc) is 2.31. The standard InChI is InChI=1S/C8H15NO2.C4H11N/c10-6-5-9-3-1-8(7-11)2-4-9;1-4(2)5-3/h7-8,10H,1-6H2;4-5H,1-3H3. The van der Waals surface area contributed by atoms with Crippen LogP contribution >= 0.6 is 0 Å². The molecule has 1 aliphatic rings. The number of aliphatic hydroxyl groups is 1. The summed E-state index contributed by atoms with van der Waals surface area (Å²) in [5.41, 5.74) is 0. The molecule has 0 aromatic heterocycles. The average molecular weight is 230 g/mol. The van der Waals surface area contributed by atoms with E-state index < -0.39 is 0 Å². The summed E-state index contributed by atoms with van der Waals surface area (Å²) in [5, 5.41) is 11.7. The van der Waals surface area contributed by atoms with E-state index >= 15 is 0 Å². The zero-order chi connectivity index (χ0) is 12.4. The molecule has 0 unspecified atom stereocenters. The van der Waals surface area contributed by atoms with Gasteiger partial charge in [-0.2, -0.15) is 0 Å². The van der Waals surface area contributed by atoms with Gasteiger partial charge in [-0.3, -0.25) is 0 Å². The summed E-state index contributed by atoms with van der Waals surface area (Å²) in [4.78, 5) is 12.6. The Kier molecular flexibility index (Phi) is 9.48. The molecule has 1 aliphatic heterocycles. The van der Waals surface area contributed by atoms with Crippen LogP contribution in [0.15, 0.2) is 0 Å². The Morgan fingerprint density at radius 1 is 1.44 bits per heavy atom. The van der Waals surface area contributed by atoms with Gasteiger partial charge >= 0.3 is 0 Å². The highest BCUT2D eigenvalue weighted by Crippen LogP contribution is 2.13. The molecule has 0 spiro atoms. The van der Waals surface area contributed by atoms with Crippen LogP contribution in [0.1, 0.15) is 26.7 Å². The third-order valence-electron chi connectivity index (χ3n) is 2.82. The van der Waals surface area contributed by atoms with E-state index in [1.807, 2.05) is 7.05 Å². The van der Waals surface area contributed by atoms with Crippen LogP contribution in [0, 0.1) is 5.92 Å². The zero-order valence-corrected chi connectivity index (χ0v) is 10.8. The summed E-state index contributed by atoms with van der Waals surface area (Å²) in [6.07, 6.45) is 2.98. The Labute approximate surface area is 99.0 Å². The molecule has 1 heterocycles. The van der Waals surface area contributed by atoms with E-state index in [1.54, 1.807) is 0 Å². The number of aldehydes is 1. The van der Waals surface area contributed by atoms with E-state index in [0.717, 1.165) is 38.8 Å². The highest BCUT2D eigenvalue weighted by atomic mass is 16.3. The fourth-order valence-electron chi connectivity index (χ4n) is 1.45. The Bertz CT molecular complexity index is 166. The number of nitrogens with one attached hydrogen (secondary N) is 1. The molecule has 0 atom stereocenters. The Balaban J connectivity index is 0.000000385. The van der Waals surface area contributed by atoms with E-state index in [-0.39, 0.29) is 12.5 Å². The van der Waals surface area contributed by atoms with Crippen molar-refractivity contribution in [1.29, 1.82) is 0 Å². The smallest absolute Gasteiger partial charge is 0.123 e. The molecule has 0 saturated carbocycles. The van der Waals surface area contributed by atoms with Gasteiger partial charge in [-0.25, -0.2) is 0 Å². The summed E-state index contributed by atoms with van der Waals surface area (Å²) in [7, 11) is 1.95. The van der Waals surface area contributed by atoms with Crippen LogP contribution in [0.4, 0.5) is 0 Å². The monoisotopic (exact) mass is 230 g/mol. The van der Waals surface area contributed by atoms with Crippen molar-refractivity contribution in [1.82, 2.24) is 10.2 Å². The minimum Gasteiger partial charge on any atom is -0.395 e. The predicted molar refractivity (Wildman–Crippen MR) is 66.5 cm³/mol. The second-order valence-electron chi connectivity index (χ2n) is 4.48. The normalized spacial score (nSPS) is 18.1. The van der Waals surface area contributed by atoms with Crippen LogP contribution in [-0.4, -0.2) is 55.6 Å². The van der Waals surface area contributed by atoms with E-state index in [4.69, 9.17) is 5.11 Å². The SMILES string of the molecule is CNC(C)C.O=CC1CCN(CCO)CC1. The van der Waals surface area contributed by atoms with Gasteiger partial charge in [0.1, 0.15) is 6.29 Å². The molecular formula is C12H26N2O2. The summed E-state index contributed by atoms with van der Waals surface area (Å²) >= 11 is 0. The van der Waals surface area contributed by atoms with Gasteiger partial charge in [0, 0.05) is 18.5 Å². The van der Waals surface area contributed by atoms with E-state index in [0.29, 0.717) is 6.04 Å². The maximum atomic E-state index is 10.4. The van der Waals surface area contributed by atoms with Gasteiger partial charge < -0.3 is 20.1 Å². The molecule has 0 aromatic rings. The van der Waals surface area contributed by atoms with Gasteiger partial charge in [-0.05, 0) is 33.0 Å². The van der Waals surface area contributed by atoms with Crippen LogP contribution < -0.4 is 5.32 Å². The molecule has 1 fully saturated rings. The first kappa shape index (κ1) is 15.6. The van der Waals surface area contributed by atoms with Crippen LogP contribution in [0.5, 0.6) is 0 Å². The molecule has 0 aliphatic carbocycles. The number of β-amino-alcohol motifs (C(OH)–C–C–N with tert-alkyl or cyclic N) is 1. The molecule has 4 nitrogen and oxygen atoms in total. The minimum absolute atomic E-state index is 0.228. The molecule has 96 valence electrons. The molecule has 16 heavy (non-hydrogen) atoms. The van der Waals surface area contributed by atoms with Gasteiger partial charge in [0.2, 0.25) is 0 Å². The number of hydrogen-bond donors (Lipinski definition) is 2. The first-order valence-corrected chi connectivity index (χ1v) is 6.09. The first-order valence-electron chi connectivity index (χ1n) is 6.09. The third-order valence-corrected chi connectivity index (χ3v) is 2.82. The van der Waals surface area contributed by atoms with Gasteiger partial charge in [0.25, 0.3) is 0 Å². The summed E-state index contributed by atoms with van der Waals surface area (Å²) < 4.78 is 0. The topological polar surface area (TPSA) is 52.6 Å². The lowest BCUT2D eigenvalue weighted by molar-refractivity contribution is -0.112. The summed E-state index contributed by atoms with van der Waals surface area (Å²) in [6, 6.07) is 0.634. The number of hydrogen-bond acceptors (Lipinski definition) is 4. The lowest BCUT2D eigenvalue weighted by atomic mass is 9.99. The summed E-state index contributed by atoms with van der Waals surface area (Å²) in [5.74, 6) is 0.268. The van der Waals surface area contributed by atoms with Crippen molar-refractivity contribution in [3.05, 3.63) is 0 Å². The Morgan fingerprint density at radius 3 is 2.25 bits per heavy atom. The van der Waals surface area contributed by atoms with E-state index in [2.05, 4.69) is 24.1 Å². The van der Waals surface area contributed by atoms with E-state index in [9.17, 15) is 4.79 Å². The summed E-state index contributed by atoms with van der Waals surface area (Å²) in [6.45, 7) is 7.13. The Morgan fingerprint density at radius 2 is 1.94 bits per heavy atom. The van der Waals surface area contributed by atoms with Crippen LogP contribution in [-0.2, 0) is 4.79 Å². The number of carbonyl (C=O) groups excluding carboxylic acids is 1. The molecule has 0 aromatic carbocycles. The fraction of sp³-hybridized carbons (Fsp3) is 0.917. The first-order chi connectivity index (χ1) is 7.63. The lowest BCUT2D eigenvalue weighted by Crippen LogP contribution is -2.35. The maximum Gasteiger partial charge on any atom is 0.123 e. The maximum absolute atomic E-state index is 10.4. The van der Waals surface area contributed by atoms with Crippen molar-refractivity contribution in [2.24, 2.45) is 5.92 Å². The number of rotatable bonds is 4. The number of carbonyl (C=O) groups is 1. The molecule has 1 saturated heterocycles. The zero-order valence-electron chi connectivity index (χ0n) is 10.8. The molecule has 4 heteroatoms. The number of likely N-dealkylation sites (tertiary alicyclic amines) is 1. The molecule has 0 amide bonds. The number of piperidine rings is 1. The van der Waals surface area contributed by atoms with Gasteiger partial charge in [-0.1, -0.05) is 13.8 Å². The number of nitrogens with zero attached hydrogens (tertiary/aromatic N) is 1. The lowest BCUT2D eigenvalue weighted by Gasteiger charge is -2.28. The molecule has 2 N–H and O–H groups in total. The van der Waals surface area contributed by atoms with Gasteiger partial charge in [0.15, 0.2) is 0 Å². The fourth-order valence-corrected chi connectivity index (χ4v) is 1.45. The van der Waals surface area contributed by atoms with Crippen LogP contribution in [0.25, 0.3) is 0 Å². The Hall–Kier alpha value is -0.450. The van der Waals surface area contributed by atoms with Crippen molar-refractivity contribution in [3.63, 3.8) is 0 Å². The highest BCUT2D eigenvalue weighted by molar-refractivity contribution is 5.53. The van der Waals surface area contributed by atoms with Gasteiger partial charge in [0.05, 0.1) is 6.61 Å². The second kappa shape index (κ2) is 9.75. The largest absolute Gasteiger partial charge is 0.395 e. The molecule has 1 rings (SSSR count). The minimum atomic E-state index is 0.228. The van der Waals surface area contributed by atoms with Crippen molar-refractivity contribution < 1.29 is 9.90 Å². The molecule has 0 bridgehead atoms. The third kappa shape index (κ3) is 7.79. The van der Waals surface area contributed by atoms with Crippen molar-refractivity contribution >= 4 is 6.29 Å². The van der Waals surface area contributed by atoms with Gasteiger partial charge in [-0.15, -0.1) is 0 Å². The van der Waals surface area contributed by atoms with Crippen molar-refractivity contribution in [3.8, 4) is 0 Å². The van der Waals surface area contributed by atoms with Crippen molar-refractivity contribution in [2.45, 2.75) is 32.7 Å². The second-order valence-corrected chi connectivity index (χ2v) is 4.48. The van der Waals surface area contributed by atoms with Crippen LogP contribution in [0.2, 0.25) is 0 Å². The highest BCUT2D eigenvalue weighted by Gasteiger charge is 2.17.